The van der Waals surface area contributed by atoms with Gasteiger partial charge in [0.15, 0.2) is 0 Å². The topological polar surface area (TPSA) is 89.3 Å². The molecular formula is C28H29ClF3N7O. The van der Waals surface area contributed by atoms with Gasteiger partial charge in [-0.15, -0.1) is 0 Å². The first kappa shape index (κ1) is 28.0. The van der Waals surface area contributed by atoms with Gasteiger partial charge in [-0.3, -0.25) is 0 Å². The Hall–Kier alpha value is -3.59. The fraction of sp³-hybridized carbons (Fsp3) is 0.393. The van der Waals surface area contributed by atoms with Gasteiger partial charge in [-0.2, -0.15) is 18.4 Å². The van der Waals surface area contributed by atoms with E-state index in [1.165, 1.54) is 12.4 Å². The highest BCUT2D eigenvalue weighted by Gasteiger charge is 2.35. The van der Waals surface area contributed by atoms with Crippen molar-refractivity contribution in [2.45, 2.75) is 25.6 Å². The van der Waals surface area contributed by atoms with E-state index in [9.17, 15) is 13.2 Å². The standard InChI is InChI=1S/C28H29ClF3N7O/c29-24-15-21(4-2-19(24)16-33)39-10-6-22-25(17-39)35-18-36-27(22)37-20-3-5-26(23(14-20)28(30,31)32)40-13-1-9-38-11-7-34-8-12-38/h2-5,14-15,18,34H,1,6-13,17H2,(H,35,36,37). The smallest absolute Gasteiger partial charge is 0.420 e. The molecule has 3 aromatic rings. The third-order valence-electron chi connectivity index (χ3n) is 7.08. The summed E-state index contributed by atoms with van der Waals surface area (Å²) in [4.78, 5) is 13.1. The zero-order chi connectivity index (χ0) is 28.1. The molecule has 12 heteroatoms. The second-order valence-electron chi connectivity index (χ2n) is 9.72. The van der Waals surface area contributed by atoms with Gasteiger partial charge in [0.1, 0.15) is 24.0 Å². The Labute approximate surface area is 235 Å². The summed E-state index contributed by atoms with van der Waals surface area (Å²) in [6.07, 6.45) is -1.94. The molecule has 3 heterocycles. The minimum Gasteiger partial charge on any atom is -0.493 e. The number of hydrogen-bond acceptors (Lipinski definition) is 8. The molecule has 0 aliphatic carbocycles. The zero-order valence-corrected chi connectivity index (χ0v) is 22.5. The molecule has 0 amide bonds. The van der Waals surface area contributed by atoms with E-state index in [1.54, 1.807) is 18.2 Å². The summed E-state index contributed by atoms with van der Waals surface area (Å²) in [5.41, 5.74) is 2.32. The van der Waals surface area contributed by atoms with E-state index in [2.05, 4.69) is 36.5 Å². The van der Waals surface area contributed by atoms with E-state index in [4.69, 9.17) is 21.6 Å². The van der Waals surface area contributed by atoms with Crippen molar-refractivity contribution in [1.29, 1.82) is 5.26 Å². The van der Waals surface area contributed by atoms with Gasteiger partial charge >= 0.3 is 6.18 Å². The first-order valence-electron chi connectivity index (χ1n) is 13.1. The third kappa shape index (κ3) is 6.58. The van der Waals surface area contributed by atoms with Crippen LogP contribution >= 0.6 is 11.6 Å². The lowest BCUT2D eigenvalue weighted by Gasteiger charge is -2.31. The Morgan fingerprint density at radius 2 is 1.93 bits per heavy atom. The molecule has 2 N–H and O–H groups in total. The fourth-order valence-corrected chi connectivity index (χ4v) is 5.19. The molecule has 210 valence electrons. The Morgan fingerprint density at radius 3 is 2.67 bits per heavy atom. The number of halogens is 4. The second kappa shape index (κ2) is 12.3. The molecule has 0 bridgehead atoms. The number of fused-ring (bicyclic) bond motifs is 1. The van der Waals surface area contributed by atoms with Crippen molar-refractivity contribution in [3.8, 4) is 11.8 Å². The third-order valence-corrected chi connectivity index (χ3v) is 7.39. The maximum absolute atomic E-state index is 13.9. The molecule has 2 aromatic carbocycles. The number of ether oxygens (including phenoxy) is 1. The number of nitrogens with one attached hydrogen (secondary N) is 2. The number of piperazine rings is 1. The lowest BCUT2D eigenvalue weighted by molar-refractivity contribution is -0.138. The van der Waals surface area contributed by atoms with Crippen molar-refractivity contribution in [2.75, 3.05) is 56.1 Å². The molecule has 5 rings (SSSR count). The summed E-state index contributed by atoms with van der Waals surface area (Å²) in [5, 5.41) is 15.9. The number of rotatable bonds is 8. The summed E-state index contributed by atoms with van der Waals surface area (Å²) < 4.78 is 47.4. The first-order chi connectivity index (χ1) is 19.3. The van der Waals surface area contributed by atoms with Crippen molar-refractivity contribution in [2.24, 2.45) is 0 Å². The van der Waals surface area contributed by atoms with Gasteiger partial charge in [-0.05, 0) is 49.2 Å². The van der Waals surface area contributed by atoms with Crippen LogP contribution in [0.3, 0.4) is 0 Å². The van der Waals surface area contributed by atoms with E-state index >= 15 is 0 Å². The minimum absolute atomic E-state index is 0.181. The molecule has 2 aliphatic heterocycles. The lowest BCUT2D eigenvalue weighted by atomic mass is 10.0. The van der Waals surface area contributed by atoms with Gasteiger partial charge in [0.25, 0.3) is 0 Å². The zero-order valence-electron chi connectivity index (χ0n) is 21.8. The molecule has 0 spiro atoms. The molecule has 40 heavy (non-hydrogen) atoms. The first-order valence-corrected chi connectivity index (χ1v) is 13.5. The van der Waals surface area contributed by atoms with E-state index < -0.39 is 11.7 Å². The molecule has 8 nitrogen and oxygen atoms in total. The number of nitriles is 1. The van der Waals surface area contributed by atoms with Crippen LogP contribution in [0.15, 0.2) is 42.7 Å². The van der Waals surface area contributed by atoms with Crippen molar-refractivity contribution >= 4 is 28.8 Å². The normalized spacial score (nSPS) is 15.8. The van der Waals surface area contributed by atoms with Gasteiger partial charge in [-0.1, -0.05) is 11.6 Å². The summed E-state index contributed by atoms with van der Waals surface area (Å²) in [6, 6.07) is 11.3. The number of nitrogens with zero attached hydrogens (tertiary/aromatic N) is 5. The lowest BCUT2D eigenvalue weighted by Crippen LogP contribution is -2.44. The summed E-state index contributed by atoms with van der Waals surface area (Å²) >= 11 is 6.21. The molecule has 0 unspecified atom stereocenters. The van der Waals surface area contributed by atoms with Gasteiger partial charge < -0.3 is 25.2 Å². The van der Waals surface area contributed by atoms with Crippen molar-refractivity contribution in [3.05, 3.63) is 70.1 Å². The van der Waals surface area contributed by atoms with Crippen LogP contribution in [-0.4, -0.2) is 60.7 Å². The predicted molar refractivity (Wildman–Crippen MR) is 147 cm³/mol. The van der Waals surface area contributed by atoms with Crippen molar-refractivity contribution < 1.29 is 17.9 Å². The quantitative estimate of drug-likeness (QED) is 0.365. The number of alkyl halides is 3. The Bertz CT molecular complexity index is 1390. The average molecular weight is 572 g/mol. The Kier molecular flexibility index (Phi) is 8.59. The van der Waals surface area contributed by atoms with Crippen molar-refractivity contribution in [3.63, 3.8) is 0 Å². The van der Waals surface area contributed by atoms with Crippen LogP contribution in [-0.2, 0) is 19.1 Å². The van der Waals surface area contributed by atoms with Gasteiger partial charge in [-0.25, -0.2) is 9.97 Å². The van der Waals surface area contributed by atoms with Crippen LogP contribution < -0.4 is 20.3 Å². The van der Waals surface area contributed by atoms with E-state index in [0.717, 1.165) is 55.7 Å². The Balaban J connectivity index is 1.27. The summed E-state index contributed by atoms with van der Waals surface area (Å²) in [7, 11) is 0. The number of hydrogen-bond donors (Lipinski definition) is 2. The molecule has 1 saturated heterocycles. The van der Waals surface area contributed by atoms with Crippen LogP contribution in [0.25, 0.3) is 0 Å². The maximum Gasteiger partial charge on any atom is 0.420 e. The monoisotopic (exact) mass is 571 g/mol. The number of aromatic nitrogens is 2. The van der Waals surface area contributed by atoms with Gasteiger partial charge in [0.2, 0.25) is 0 Å². The highest BCUT2D eigenvalue weighted by atomic mass is 35.5. The molecule has 1 aromatic heterocycles. The second-order valence-corrected chi connectivity index (χ2v) is 10.1. The molecule has 1 fully saturated rings. The molecule has 0 saturated carbocycles. The van der Waals surface area contributed by atoms with E-state index in [-0.39, 0.29) is 18.0 Å². The molecule has 0 atom stereocenters. The van der Waals surface area contributed by atoms with Crippen LogP contribution in [0.4, 0.5) is 30.4 Å². The molecular weight excluding hydrogens is 543 g/mol. The number of benzene rings is 2. The van der Waals surface area contributed by atoms with Crippen molar-refractivity contribution in [1.82, 2.24) is 20.2 Å². The largest absolute Gasteiger partial charge is 0.493 e. The fourth-order valence-electron chi connectivity index (χ4n) is 4.97. The SMILES string of the molecule is N#Cc1ccc(N2CCc3c(ncnc3Nc3ccc(OCCCN4CCNCC4)c(C(F)(F)F)c3)C2)cc1Cl. The van der Waals surface area contributed by atoms with Crippen LogP contribution in [0.5, 0.6) is 5.75 Å². The highest BCUT2D eigenvalue weighted by Crippen LogP contribution is 2.39. The summed E-state index contributed by atoms with van der Waals surface area (Å²) in [6.45, 7) is 5.82. The minimum atomic E-state index is -4.57. The maximum atomic E-state index is 13.9. The van der Waals surface area contributed by atoms with E-state index in [1.807, 2.05) is 6.07 Å². The number of anilines is 3. The van der Waals surface area contributed by atoms with E-state index in [0.29, 0.717) is 42.3 Å². The van der Waals surface area contributed by atoms with Gasteiger partial charge in [0.05, 0.1) is 35.0 Å². The summed E-state index contributed by atoms with van der Waals surface area (Å²) in [5.74, 6) is 0.292. The molecule has 2 aliphatic rings. The highest BCUT2D eigenvalue weighted by molar-refractivity contribution is 6.32. The van der Waals surface area contributed by atoms with Crippen LogP contribution in [0.2, 0.25) is 5.02 Å². The van der Waals surface area contributed by atoms with Crippen LogP contribution in [0.1, 0.15) is 28.8 Å². The van der Waals surface area contributed by atoms with Gasteiger partial charge in [0, 0.05) is 56.2 Å². The Morgan fingerprint density at radius 1 is 1.10 bits per heavy atom. The average Bonchev–Trinajstić information content (AvgIpc) is 2.95. The molecule has 0 radical (unpaired) electrons. The van der Waals surface area contributed by atoms with Crippen LogP contribution in [0, 0.1) is 11.3 Å². The predicted octanol–water partition coefficient (Wildman–Crippen LogP) is 5.00.